The van der Waals surface area contributed by atoms with E-state index in [9.17, 15) is 14.7 Å². The Morgan fingerprint density at radius 1 is 1.18 bits per heavy atom. The Balaban J connectivity index is 1.77. The number of likely N-dealkylation sites (tertiary alicyclic amines) is 1. The minimum Gasteiger partial charge on any atom is -0.480 e. The topological polar surface area (TPSA) is 66.8 Å². The highest BCUT2D eigenvalue weighted by Gasteiger charge is 2.49. The zero-order valence-corrected chi connectivity index (χ0v) is 13.4. The molecule has 1 saturated carbocycles. The van der Waals surface area contributed by atoms with Gasteiger partial charge in [0.1, 0.15) is 6.04 Å². The standard InChI is InChI=1S/C17H27NO4/c1-2-13-9-12(7-8-22-13)16(19)18-14-6-4-3-5-11(14)10-15(18)17(20)21/h11-15H,2-10H2,1H3,(H,20,21). The van der Waals surface area contributed by atoms with Crippen LogP contribution < -0.4 is 0 Å². The molecule has 0 radical (unpaired) electrons. The molecule has 0 spiro atoms. The van der Waals surface area contributed by atoms with E-state index in [-0.39, 0.29) is 24.0 Å². The van der Waals surface area contributed by atoms with Crippen molar-refractivity contribution in [2.45, 2.75) is 76.5 Å². The van der Waals surface area contributed by atoms with Crippen LogP contribution in [-0.2, 0) is 14.3 Å². The van der Waals surface area contributed by atoms with Gasteiger partial charge in [-0.1, -0.05) is 19.8 Å². The smallest absolute Gasteiger partial charge is 0.326 e. The fourth-order valence-corrected chi connectivity index (χ4v) is 4.60. The van der Waals surface area contributed by atoms with Crippen molar-refractivity contribution in [3.05, 3.63) is 0 Å². The molecule has 5 unspecified atom stereocenters. The van der Waals surface area contributed by atoms with Gasteiger partial charge < -0.3 is 14.7 Å². The molecule has 1 amide bonds. The van der Waals surface area contributed by atoms with E-state index in [2.05, 4.69) is 6.92 Å². The molecule has 22 heavy (non-hydrogen) atoms. The first-order valence-electron chi connectivity index (χ1n) is 8.78. The first-order chi connectivity index (χ1) is 10.6. The van der Waals surface area contributed by atoms with Crippen LogP contribution in [0.3, 0.4) is 0 Å². The average Bonchev–Trinajstić information content (AvgIpc) is 2.94. The lowest BCUT2D eigenvalue weighted by Gasteiger charge is -2.37. The Labute approximate surface area is 132 Å². The highest BCUT2D eigenvalue weighted by molar-refractivity contribution is 5.86. The summed E-state index contributed by atoms with van der Waals surface area (Å²) in [6.45, 7) is 2.69. The third-order valence-electron chi connectivity index (χ3n) is 5.80. The second-order valence-corrected chi connectivity index (χ2v) is 7.07. The molecule has 1 N–H and O–H groups in total. The predicted octanol–water partition coefficient (Wildman–Crippen LogP) is 2.44. The van der Waals surface area contributed by atoms with Crippen LogP contribution in [0.1, 0.15) is 58.3 Å². The van der Waals surface area contributed by atoms with Gasteiger partial charge in [0.15, 0.2) is 0 Å². The first kappa shape index (κ1) is 15.8. The number of carbonyl (C=O) groups excluding carboxylic acids is 1. The molecule has 0 aromatic rings. The second kappa shape index (κ2) is 6.57. The number of hydrogen-bond donors (Lipinski definition) is 1. The van der Waals surface area contributed by atoms with Gasteiger partial charge in [0.2, 0.25) is 5.91 Å². The van der Waals surface area contributed by atoms with E-state index in [0.717, 1.165) is 38.5 Å². The van der Waals surface area contributed by atoms with Crippen LogP contribution >= 0.6 is 0 Å². The largest absolute Gasteiger partial charge is 0.480 e. The van der Waals surface area contributed by atoms with E-state index >= 15 is 0 Å². The molecule has 2 aliphatic heterocycles. The molecule has 0 aromatic heterocycles. The van der Waals surface area contributed by atoms with E-state index in [0.29, 0.717) is 18.9 Å². The van der Waals surface area contributed by atoms with Crippen molar-refractivity contribution in [2.75, 3.05) is 6.61 Å². The van der Waals surface area contributed by atoms with Gasteiger partial charge in [-0.2, -0.15) is 0 Å². The van der Waals surface area contributed by atoms with Gasteiger partial charge in [0, 0.05) is 18.6 Å². The summed E-state index contributed by atoms with van der Waals surface area (Å²) in [6, 6.07) is -0.450. The van der Waals surface area contributed by atoms with Crippen molar-refractivity contribution in [1.82, 2.24) is 4.90 Å². The molecule has 0 bridgehead atoms. The molecule has 5 heteroatoms. The quantitative estimate of drug-likeness (QED) is 0.869. The molecule has 2 heterocycles. The zero-order valence-electron chi connectivity index (χ0n) is 13.4. The van der Waals surface area contributed by atoms with E-state index in [1.807, 2.05) is 0 Å². The van der Waals surface area contributed by atoms with Gasteiger partial charge >= 0.3 is 5.97 Å². The van der Waals surface area contributed by atoms with Crippen LogP contribution in [0.4, 0.5) is 0 Å². The Hall–Kier alpha value is -1.10. The van der Waals surface area contributed by atoms with Gasteiger partial charge in [0.05, 0.1) is 6.10 Å². The molecule has 124 valence electrons. The SMILES string of the molecule is CCC1CC(C(=O)N2C(C(=O)O)CC3CCCCC32)CCO1. The number of amides is 1. The Morgan fingerprint density at radius 3 is 2.68 bits per heavy atom. The fourth-order valence-electron chi connectivity index (χ4n) is 4.60. The number of rotatable bonds is 3. The second-order valence-electron chi connectivity index (χ2n) is 7.07. The Morgan fingerprint density at radius 2 is 1.95 bits per heavy atom. The van der Waals surface area contributed by atoms with E-state index in [1.165, 1.54) is 6.42 Å². The number of nitrogens with zero attached hydrogens (tertiary/aromatic N) is 1. The summed E-state index contributed by atoms with van der Waals surface area (Å²) in [6.07, 6.45) is 7.52. The Bertz CT molecular complexity index is 438. The molecular weight excluding hydrogens is 282 g/mol. The molecule has 3 rings (SSSR count). The normalized spacial score (nSPS) is 38.6. The van der Waals surface area contributed by atoms with Gasteiger partial charge in [-0.3, -0.25) is 4.79 Å². The van der Waals surface area contributed by atoms with E-state index in [1.54, 1.807) is 4.90 Å². The minimum atomic E-state index is -0.832. The maximum absolute atomic E-state index is 13.0. The lowest BCUT2D eigenvalue weighted by Crippen LogP contribution is -2.50. The predicted molar refractivity (Wildman–Crippen MR) is 81.4 cm³/mol. The van der Waals surface area contributed by atoms with Crippen LogP contribution in [0, 0.1) is 11.8 Å². The summed E-state index contributed by atoms with van der Waals surface area (Å²) in [5.74, 6) is -0.424. The molecule has 3 aliphatic rings. The maximum atomic E-state index is 13.0. The average molecular weight is 309 g/mol. The summed E-state index contributed by atoms with van der Waals surface area (Å²) in [4.78, 5) is 26.4. The van der Waals surface area contributed by atoms with Crippen molar-refractivity contribution < 1.29 is 19.4 Å². The molecular formula is C17H27NO4. The number of aliphatic carboxylic acids is 1. The number of ether oxygens (including phenoxy) is 1. The van der Waals surface area contributed by atoms with Gasteiger partial charge in [-0.05, 0) is 44.4 Å². The zero-order chi connectivity index (χ0) is 15.7. The molecule has 5 nitrogen and oxygen atoms in total. The molecule has 1 aliphatic carbocycles. The molecule has 5 atom stereocenters. The summed E-state index contributed by atoms with van der Waals surface area (Å²) < 4.78 is 5.66. The minimum absolute atomic E-state index is 0.0544. The highest BCUT2D eigenvalue weighted by atomic mass is 16.5. The summed E-state index contributed by atoms with van der Waals surface area (Å²) in [7, 11) is 0. The molecule has 3 fully saturated rings. The van der Waals surface area contributed by atoms with E-state index in [4.69, 9.17) is 4.74 Å². The number of carbonyl (C=O) groups is 2. The van der Waals surface area contributed by atoms with Crippen molar-refractivity contribution in [2.24, 2.45) is 11.8 Å². The first-order valence-corrected chi connectivity index (χ1v) is 8.78. The van der Waals surface area contributed by atoms with Crippen LogP contribution in [0.15, 0.2) is 0 Å². The Kier molecular flexibility index (Phi) is 4.71. The summed E-state index contributed by atoms with van der Waals surface area (Å²) in [5.41, 5.74) is 0. The van der Waals surface area contributed by atoms with Crippen LogP contribution in [0.25, 0.3) is 0 Å². The van der Waals surface area contributed by atoms with Crippen molar-refractivity contribution in [3.8, 4) is 0 Å². The highest BCUT2D eigenvalue weighted by Crippen LogP contribution is 2.41. The molecule has 0 aromatic carbocycles. The number of hydrogen-bond acceptors (Lipinski definition) is 3. The van der Waals surface area contributed by atoms with Crippen LogP contribution in [0.5, 0.6) is 0 Å². The fraction of sp³-hybridized carbons (Fsp3) is 0.882. The van der Waals surface area contributed by atoms with Gasteiger partial charge in [-0.25, -0.2) is 4.79 Å². The van der Waals surface area contributed by atoms with Gasteiger partial charge in [-0.15, -0.1) is 0 Å². The maximum Gasteiger partial charge on any atom is 0.326 e. The number of carboxylic acid groups (broad SMARTS) is 1. The lowest BCUT2D eigenvalue weighted by atomic mass is 9.84. The van der Waals surface area contributed by atoms with E-state index < -0.39 is 12.0 Å². The molecule has 2 saturated heterocycles. The van der Waals surface area contributed by atoms with Crippen molar-refractivity contribution >= 4 is 11.9 Å². The lowest BCUT2D eigenvalue weighted by molar-refractivity contribution is -0.154. The third-order valence-corrected chi connectivity index (χ3v) is 5.80. The summed E-state index contributed by atoms with van der Waals surface area (Å²) in [5, 5.41) is 9.56. The monoisotopic (exact) mass is 309 g/mol. The van der Waals surface area contributed by atoms with Crippen molar-refractivity contribution in [1.29, 1.82) is 0 Å². The van der Waals surface area contributed by atoms with Crippen LogP contribution in [0.2, 0.25) is 0 Å². The van der Waals surface area contributed by atoms with Crippen molar-refractivity contribution in [3.63, 3.8) is 0 Å². The third kappa shape index (κ3) is 2.87. The number of fused-ring (bicyclic) bond motifs is 1. The number of carboxylic acids is 1. The van der Waals surface area contributed by atoms with Gasteiger partial charge in [0.25, 0.3) is 0 Å². The van der Waals surface area contributed by atoms with Crippen LogP contribution in [-0.4, -0.2) is 46.7 Å². The summed E-state index contributed by atoms with van der Waals surface area (Å²) >= 11 is 0.